The van der Waals surface area contributed by atoms with Gasteiger partial charge in [0.25, 0.3) is 0 Å². The molecule has 0 rings (SSSR count). The van der Waals surface area contributed by atoms with E-state index in [0.717, 1.165) is 167 Å². The van der Waals surface area contributed by atoms with Crippen LogP contribution in [0.25, 0.3) is 0 Å². The fourth-order valence-corrected chi connectivity index (χ4v) is 11.8. The standard InChI is InChI=1S/C85H142O17P2/c1-5-9-13-17-21-25-29-33-37-39-43-45-49-53-57-61-65-69-82(87)95-75-80(101-84(89)71-67-63-59-55-51-47-41-35-31-27-23-19-15-11-7-3)77-99-103(91,92)97-73-79(86)74-98-104(93,94)100-78-81(102-85(90)72-68-64-60-56-52-48-42-36-32-28-24-20-16-12-8-4)76-96-83(88)70-66-62-58-54-50-46-44-40-38-34-30-26-22-18-14-10-6-2/h9-10,13-14,21-23,25-27,33-38,41-46,53,57,79-81,86H,5-8,11-12,15-20,24,28-32,39-40,47-52,54-56,58-78H2,1-4H3,(H,91,92)(H,93,94)/b13-9-,14-10-,25-21-,26-22-,27-23-,37-33-,38-34-,41-35-,42-36-,45-43-,46-44-,57-53-. The minimum Gasteiger partial charge on any atom is -0.462 e. The van der Waals surface area contributed by atoms with Gasteiger partial charge in [-0.25, -0.2) is 9.13 Å². The summed E-state index contributed by atoms with van der Waals surface area (Å²) in [6, 6.07) is 0. The Morgan fingerprint density at radius 1 is 0.279 bits per heavy atom. The summed E-state index contributed by atoms with van der Waals surface area (Å²) in [5.41, 5.74) is 0. The minimum absolute atomic E-state index is 0.0623. The molecule has 0 heterocycles. The van der Waals surface area contributed by atoms with Crippen molar-refractivity contribution in [3.8, 4) is 0 Å². The third-order valence-corrected chi connectivity index (χ3v) is 18.2. The molecular formula is C85H142O17P2. The van der Waals surface area contributed by atoms with Gasteiger partial charge >= 0.3 is 39.5 Å². The second-order valence-electron chi connectivity index (χ2n) is 26.2. The number of allylic oxidation sites excluding steroid dienone is 24. The highest BCUT2D eigenvalue weighted by Crippen LogP contribution is 2.45. The zero-order valence-corrected chi connectivity index (χ0v) is 66.7. The fraction of sp³-hybridized carbons (Fsp3) is 0.671. The number of rotatable bonds is 74. The van der Waals surface area contributed by atoms with Crippen molar-refractivity contribution in [1.29, 1.82) is 0 Å². The van der Waals surface area contributed by atoms with Crippen LogP contribution in [0.2, 0.25) is 0 Å². The van der Waals surface area contributed by atoms with Crippen LogP contribution in [0.1, 0.15) is 310 Å². The average molecular weight is 1500 g/mol. The van der Waals surface area contributed by atoms with Crippen LogP contribution in [0.4, 0.5) is 0 Å². The van der Waals surface area contributed by atoms with Crippen LogP contribution >= 0.6 is 15.6 Å². The quantitative estimate of drug-likeness (QED) is 0.0169. The normalized spacial score (nSPS) is 14.6. The predicted octanol–water partition coefficient (Wildman–Crippen LogP) is 23.4. The van der Waals surface area contributed by atoms with Gasteiger partial charge in [-0.05, 0) is 161 Å². The molecule has 0 aliphatic carbocycles. The first-order valence-electron chi connectivity index (χ1n) is 40.1. The summed E-state index contributed by atoms with van der Waals surface area (Å²) < 4.78 is 68.5. The maximum absolute atomic E-state index is 13.1. The molecular weight excluding hydrogens is 1350 g/mol. The molecule has 0 saturated carbocycles. The van der Waals surface area contributed by atoms with Crippen LogP contribution in [0.5, 0.6) is 0 Å². The molecule has 17 nitrogen and oxygen atoms in total. The van der Waals surface area contributed by atoms with E-state index in [1.165, 1.54) is 57.8 Å². The highest BCUT2D eigenvalue weighted by Gasteiger charge is 2.30. The third-order valence-electron chi connectivity index (χ3n) is 16.3. The van der Waals surface area contributed by atoms with Crippen molar-refractivity contribution < 1.29 is 80.2 Å². The molecule has 0 bridgehead atoms. The van der Waals surface area contributed by atoms with E-state index in [2.05, 4.69) is 161 Å². The highest BCUT2D eigenvalue weighted by molar-refractivity contribution is 7.47. The first-order valence-corrected chi connectivity index (χ1v) is 43.1. The summed E-state index contributed by atoms with van der Waals surface area (Å²) >= 11 is 0. The Bertz CT molecular complexity index is 2540. The highest BCUT2D eigenvalue weighted by atomic mass is 31.2. The molecule has 0 aliphatic heterocycles. The van der Waals surface area contributed by atoms with Crippen LogP contribution < -0.4 is 0 Å². The molecule has 0 aromatic carbocycles. The number of phosphoric ester groups is 2. The molecule has 19 heteroatoms. The summed E-state index contributed by atoms with van der Waals surface area (Å²) in [4.78, 5) is 73.0. The van der Waals surface area contributed by atoms with Crippen molar-refractivity contribution in [2.24, 2.45) is 0 Å². The maximum atomic E-state index is 13.1. The Morgan fingerprint density at radius 3 is 0.837 bits per heavy atom. The number of hydrogen-bond donors (Lipinski definition) is 3. The zero-order valence-electron chi connectivity index (χ0n) is 64.9. The monoisotopic (exact) mass is 1500 g/mol. The van der Waals surface area contributed by atoms with E-state index in [0.29, 0.717) is 32.1 Å². The molecule has 3 N–H and O–H groups in total. The molecule has 5 unspecified atom stereocenters. The molecule has 0 spiro atoms. The molecule has 0 aliphatic rings. The largest absolute Gasteiger partial charge is 0.472 e. The lowest BCUT2D eigenvalue weighted by Gasteiger charge is -2.21. The van der Waals surface area contributed by atoms with Gasteiger partial charge in [-0.15, -0.1) is 0 Å². The topological polar surface area (TPSA) is 237 Å². The zero-order chi connectivity index (χ0) is 76.0. The number of ether oxygens (including phenoxy) is 4. The van der Waals surface area contributed by atoms with Gasteiger partial charge < -0.3 is 33.8 Å². The number of hydrogen-bond acceptors (Lipinski definition) is 15. The lowest BCUT2D eigenvalue weighted by Crippen LogP contribution is -2.30. The summed E-state index contributed by atoms with van der Waals surface area (Å²) in [6.45, 7) is 4.50. The van der Waals surface area contributed by atoms with E-state index in [1.807, 2.05) is 12.2 Å². The van der Waals surface area contributed by atoms with Crippen molar-refractivity contribution in [3.05, 3.63) is 146 Å². The Labute approximate surface area is 630 Å². The van der Waals surface area contributed by atoms with Crippen LogP contribution in [0.3, 0.4) is 0 Å². The van der Waals surface area contributed by atoms with Gasteiger partial charge in [0.2, 0.25) is 0 Å². The summed E-state index contributed by atoms with van der Waals surface area (Å²) in [7, 11) is -9.99. The Hall–Kier alpha value is -5.06. The molecule has 104 heavy (non-hydrogen) atoms. The number of carbonyl (C=O) groups excluding carboxylic acids is 4. The van der Waals surface area contributed by atoms with E-state index >= 15 is 0 Å². The van der Waals surface area contributed by atoms with Gasteiger partial charge in [0.05, 0.1) is 26.4 Å². The van der Waals surface area contributed by atoms with Gasteiger partial charge in [-0.2, -0.15) is 0 Å². The van der Waals surface area contributed by atoms with Gasteiger partial charge in [0.15, 0.2) is 12.2 Å². The minimum atomic E-state index is -5.00. The van der Waals surface area contributed by atoms with E-state index in [9.17, 15) is 43.2 Å². The van der Waals surface area contributed by atoms with E-state index in [4.69, 9.17) is 37.0 Å². The van der Waals surface area contributed by atoms with Crippen molar-refractivity contribution >= 4 is 39.5 Å². The van der Waals surface area contributed by atoms with Gasteiger partial charge in [-0.1, -0.05) is 270 Å². The summed E-state index contributed by atoms with van der Waals surface area (Å²) in [5.74, 6) is -2.30. The van der Waals surface area contributed by atoms with Gasteiger partial charge in [0, 0.05) is 25.7 Å². The average Bonchev–Trinajstić information content (AvgIpc) is 0.937. The number of phosphoric acid groups is 2. The molecule has 0 aromatic rings. The van der Waals surface area contributed by atoms with E-state index in [1.54, 1.807) is 0 Å². The molecule has 5 atom stereocenters. The number of unbranched alkanes of at least 4 members (excludes halogenated alkanes) is 24. The molecule has 594 valence electrons. The second-order valence-corrected chi connectivity index (χ2v) is 29.1. The van der Waals surface area contributed by atoms with Crippen LogP contribution in [-0.2, 0) is 65.4 Å². The summed E-state index contributed by atoms with van der Waals surface area (Å²) in [6.07, 6.45) is 86.9. The van der Waals surface area contributed by atoms with Crippen LogP contribution in [0.15, 0.2) is 146 Å². The second kappa shape index (κ2) is 76.1. The Balaban J connectivity index is 5.46. The number of aliphatic hydroxyl groups excluding tert-OH is 1. The van der Waals surface area contributed by atoms with Crippen molar-refractivity contribution in [1.82, 2.24) is 0 Å². The first-order chi connectivity index (χ1) is 50.7. The number of esters is 4. The maximum Gasteiger partial charge on any atom is 0.472 e. The first kappa shape index (κ1) is 98.9. The smallest absolute Gasteiger partial charge is 0.462 e. The van der Waals surface area contributed by atoms with Crippen molar-refractivity contribution in [2.75, 3.05) is 39.6 Å². The fourth-order valence-electron chi connectivity index (χ4n) is 10.2. The SMILES string of the molecule is CC/C=C\C/C=C\C/C=C\C/C=C\C/C=C\CCCC(=O)OCC(COP(=O)(O)OCC(O)COP(=O)(O)OCC(COC(=O)CCCCCC/C=C\C/C=C\C/C=C\C/C=C\CC)OC(=O)CCCCCCC/C=C\CCCCCCCC)OC(=O)CCCCCCC/C=C\C/C=C\CCCCC. The molecule has 0 saturated heterocycles. The van der Waals surface area contributed by atoms with Crippen LogP contribution in [-0.4, -0.2) is 96.7 Å². The van der Waals surface area contributed by atoms with E-state index < -0.39 is 97.5 Å². The lowest BCUT2D eigenvalue weighted by atomic mass is 10.1. The van der Waals surface area contributed by atoms with Gasteiger partial charge in [0.1, 0.15) is 19.3 Å². The van der Waals surface area contributed by atoms with E-state index in [-0.39, 0.29) is 25.7 Å². The number of aliphatic hydroxyl groups is 1. The Morgan fingerprint density at radius 2 is 0.510 bits per heavy atom. The van der Waals surface area contributed by atoms with Gasteiger partial charge in [-0.3, -0.25) is 37.3 Å². The molecule has 0 radical (unpaired) electrons. The number of carbonyl (C=O) groups is 4. The predicted molar refractivity (Wildman–Crippen MR) is 427 cm³/mol. The molecule has 0 aromatic heterocycles. The summed E-state index contributed by atoms with van der Waals surface area (Å²) in [5, 5.41) is 10.6. The Kier molecular flexibility index (Phi) is 72.4. The molecule has 0 fully saturated rings. The molecule has 0 amide bonds. The lowest BCUT2D eigenvalue weighted by molar-refractivity contribution is -0.161. The van der Waals surface area contributed by atoms with Crippen LogP contribution in [0, 0.1) is 0 Å². The van der Waals surface area contributed by atoms with Crippen molar-refractivity contribution in [2.45, 2.75) is 329 Å². The third kappa shape index (κ3) is 75.2. The van der Waals surface area contributed by atoms with Crippen molar-refractivity contribution in [3.63, 3.8) is 0 Å².